The van der Waals surface area contributed by atoms with Crippen LogP contribution in [0.2, 0.25) is 0 Å². The van der Waals surface area contributed by atoms with E-state index in [0.717, 1.165) is 6.42 Å². The van der Waals surface area contributed by atoms with E-state index < -0.39 is 41.8 Å². The molecule has 0 unspecified atom stereocenters. The van der Waals surface area contributed by atoms with Gasteiger partial charge in [0, 0.05) is 41.9 Å². The Morgan fingerprint density at radius 1 is 1.12 bits per heavy atom. The van der Waals surface area contributed by atoms with Gasteiger partial charge in [-0.2, -0.15) is 18.4 Å². The summed E-state index contributed by atoms with van der Waals surface area (Å²) in [5, 5.41) is 15.3. The van der Waals surface area contributed by atoms with E-state index in [2.05, 4.69) is 15.5 Å². The van der Waals surface area contributed by atoms with Gasteiger partial charge in [0.15, 0.2) is 0 Å². The van der Waals surface area contributed by atoms with Crippen molar-refractivity contribution in [3.05, 3.63) is 47.5 Å². The molecular weight excluding hydrogens is 566 g/mol. The van der Waals surface area contributed by atoms with E-state index in [9.17, 15) is 32.4 Å². The summed E-state index contributed by atoms with van der Waals surface area (Å²) in [6.07, 6.45) is -3.74. The molecule has 0 bridgehead atoms. The maximum Gasteiger partial charge on any atom is 0.407 e. The molecule has 1 aromatic heterocycles. The third-order valence-electron chi connectivity index (χ3n) is 8.28. The molecule has 2 N–H and O–H groups in total. The standard InChI is InChI=1S/C31H35F4N5O3/c1-29(2,32)15-23(27(41)38-30(17-36)10-11-30)37-26(31(33,34)35)18-5-7-21-22-13-19(6-8-24(22)43-25(21)14-18)28(42)40-12-9-20(16-40)39(3)4/h5-8,13-14,20,23,26,37H,9-12,15-16H2,1-4H3,(H,38,41)/t20-,23+,26+/m1/s1. The van der Waals surface area contributed by atoms with Crippen LogP contribution < -0.4 is 10.6 Å². The van der Waals surface area contributed by atoms with Crippen molar-refractivity contribution in [2.75, 3.05) is 27.2 Å². The summed E-state index contributed by atoms with van der Waals surface area (Å²) in [5.74, 6) is -0.987. The summed E-state index contributed by atoms with van der Waals surface area (Å²) in [6.45, 7) is 3.61. The largest absolute Gasteiger partial charge is 0.456 e. The van der Waals surface area contributed by atoms with Gasteiger partial charge in [0.05, 0.1) is 12.1 Å². The second-order valence-corrected chi connectivity index (χ2v) is 12.5. The van der Waals surface area contributed by atoms with Crippen molar-refractivity contribution < 1.29 is 31.6 Å². The van der Waals surface area contributed by atoms with Crippen molar-refractivity contribution in [2.45, 2.75) is 75.0 Å². The Bertz CT molecular complexity index is 1580. The van der Waals surface area contributed by atoms with Crippen molar-refractivity contribution in [2.24, 2.45) is 0 Å². The number of hydrogen-bond donors (Lipinski definition) is 2. The van der Waals surface area contributed by atoms with Gasteiger partial charge < -0.3 is 19.5 Å². The zero-order valence-electron chi connectivity index (χ0n) is 24.5. The highest BCUT2D eigenvalue weighted by atomic mass is 19.4. The van der Waals surface area contributed by atoms with Crippen molar-refractivity contribution >= 4 is 33.8 Å². The molecule has 8 nitrogen and oxygen atoms in total. The van der Waals surface area contributed by atoms with E-state index in [0.29, 0.717) is 47.9 Å². The lowest BCUT2D eigenvalue weighted by Crippen LogP contribution is -2.53. The van der Waals surface area contributed by atoms with Crippen molar-refractivity contribution in [1.29, 1.82) is 5.26 Å². The van der Waals surface area contributed by atoms with Gasteiger partial charge in [0.25, 0.3) is 5.91 Å². The van der Waals surface area contributed by atoms with E-state index in [1.54, 1.807) is 23.1 Å². The predicted octanol–water partition coefficient (Wildman–Crippen LogP) is 5.23. The van der Waals surface area contributed by atoms with E-state index in [-0.39, 0.29) is 23.1 Å². The number of likely N-dealkylation sites (N-methyl/N-ethyl adjacent to an activating group) is 1. The van der Waals surface area contributed by atoms with Crippen LogP contribution in [-0.2, 0) is 4.79 Å². The van der Waals surface area contributed by atoms with Crippen LogP contribution in [0.5, 0.6) is 0 Å². The van der Waals surface area contributed by atoms with Gasteiger partial charge in [-0.1, -0.05) is 12.1 Å². The zero-order chi connectivity index (χ0) is 31.3. The van der Waals surface area contributed by atoms with E-state index in [1.807, 2.05) is 20.2 Å². The Kier molecular flexibility index (Phi) is 7.94. The summed E-state index contributed by atoms with van der Waals surface area (Å²) in [6, 6.07) is 7.36. The number of nitriles is 1. The van der Waals surface area contributed by atoms with Crippen LogP contribution in [-0.4, -0.2) is 78.3 Å². The Morgan fingerprint density at radius 2 is 1.84 bits per heavy atom. The number of furan rings is 1. The molecule has 2 aliphatic rings. The second-order valence-electron chi connectivity index (χ2n) is 12.5. The van der Waals surface area contributed by atoms with Gasteiger partial charge in [-0.15, -0.1) is 0 Å². The van der Waals surface area contributed by atoms with Gasteiger partial charge in [-0.25, -0.2) is 4.39 Å². The Hall–Kier alpha value is -3.69. The van der Waals surface area contributed by atoms with Crippen molar-refractivity contribution in [1.82, 2.24) is 20.4 Å². The van der Waals surface area contributed by atoms with Crippen LogP contribution in [0.4, 0.5) is 17.6 Å². The van der Waals surface area contributed by atoms with Gasteiger partial charge >= 0.3 is 6.18 Å². The van der Waals surface area contributed by atoms with Gasteiger partial charge in [0.2, 0.25) is 5.91 Å². The smallest absolute Gasteiger partial charge is 0.407 e. The zero-order valence-corrected chi connectivity index (χ0v) is 24.5. The topological polar surface area (TPSA) is 102 Å². The summed E-state index contributed by atoms with van der Waals surface area (Å²) in [4.78, 5) is 30.1. The molecule has 2 heterocycles. The van der Waals surface area contributed by atoms with Crippen LogP contribution in [0.15, 0.2) is 40.8 Å². The summed E-state index contributed by atoms with van der Waals surface area (Å²) in [7, 11) is 3.95. The average molecular weight is 602 g/mol. The Balaban J connectivity index is 1.44. The van der Waals surface area contributed by atoms with E-state index in [1.165, 1.54) is 32.0 Å². The number of halogens is 4. The van der Waals surface area contributed by atoms with E-state index in [4.69, 9.17) is 4.42 Å². The molecule has 2 amide bonds. The van der Waals surface area contributed by atoms with Gasteiger partial charge in [-0.3, -0.25) is 14.9 Å². The number of benzene rings is 2. The number of alkyl halides is 4. The van der Waals surface area contributed by atoms with Crippen LogP contribution in [0, 0.1) is 11.3 Å². The van der Waals surface area contributed by atoms with E-state index >= 15 is 0 Å². The highest BCUT2D eigenvalue weighted by molar-refractivity contribution is 6.08. The lowest BCUT2D eigenvalue weighted by molar-refractivity contribution is -0.161. The molecule has 43 heavy (non-hydrogen) atoms. The van der Waals surface area contributed by atoms with Crippen LogP contribution in [0.3, 0.4) is 0 Å². The third-order valence-corrected chi connectivity index (χ3v) is 8.28. The molecule has 5 rings (SSSR count). The summed E-state index contributed by atoms with van der Waals surface area (Å²) >= 11 is 0. The molecule has 0 radical (unpaired) electrons. The predicted molar refractivity (Wildman–Crippen MR) is 153 cm³/mol. The lowest BCUT2D eigenvalue weighted by Gasteiger charge is -2.30. The molecule has 1 saturated heterocycles. The fraction of sp³-hybridized carbons (Fsp3) is 0.516. The first-order chi connectivity index (χ1) is 20.1. The number of hydrogen-bond acceptors (Lipinski definition) is 6. The first-order valence-electron chi connectivity index (χ1n) is 14.3. The highest BCUT2D eigenvalue weighted by Gasteiger charge is 2.48. The number of rotatable bonds is 9. The lowest BCUT2D eigenvalue weighted by atomic mass is 9.97. The second kappa shape index (κ2) is 11.1. The molecule has 0 spiro atoms. The monoisotopic (exact) mass is 601 g/mol. The molecule has 230 valence electrons. The SMILES string of the molecule is CN(C)[C@@H]1CCN(C(=O)c2ccc3oc4cc([C@H](N[C@@H](CC(C)(C)F)C(=O)NC5(C#N)CC5)C(F)(F)F)ccc4c3c2)C1. The van der Waals surface area contributed by atoms with Crippen LogP contribution >= 0.6 is 0 Å². The molecule has 1 saturated carbocycles. The number of fused-ring (bicyclic) bond motifs is 3. The number of likely N-dealkylation sites (tertiary alicyclic amines) is 1. The summed E-state index contributed by atoms with van der Waals surface area (Å²) in [5.41, 5.74) is -2.26. The number of amides is 2. The molecule has 3 aromatic rings. The molecule has 12 heteroatoms. The maximum atomic E-state index is 14.6. The Morgan fingerprint density at radius 3 is 2.42 bits per heavy atom. The quantitative estimate of drug-likeness (QED) is 0.326. The first-order valence-corrected chi connectivity index (χ1v) is 14.3. The minimum Gasteiger partial charge on any atom is -0.456 e. The van der Waals surface area contributed by atoms with Gasteiger partial charge in [0.1, 0.15) is 28.4 Å². The molecule has 1 aliphatic heterocycles. The molecule has 3 atom stereocenters. The molecular formula is C31H35F4N5O3. The van der Waals surface area contributed by atoms with Gasteiger partial charge in [-0.05, 0) is 77.0 Å². The molecule has 1 aliphatic carbocycles. The first kappa shape index (κ1) is 30.8. The van der Waals surface area contributed by atoms with Crippen molar-refractivity contribution in [3.63, 3.8) is 0 Å². The summed E-state index contributed by atoms with van der Waals surface area (Å²) < 4.78 is 63.8. The minimum atomic E-state index is -4.84. The minimum absolute atomic E-state index is 0.122. The maximum absolute atomic E-state index is 14.6. The highest BCUT2D eigenvalue weighted by Crippen LogP contribution is 2.39. The molecule has 2 aromatic carbocycles. The van der Waals surface area contributed by atoms with Crippen LogP contribution in [0.1, 0.15) is 61.5 Å². The van der Waals surface area contributed by atoms with Crippen LogP contribution in [0.25, 0.3) is 21.9 Å². The Labute approximate surface area is 247 Å². The fourth-order valence-electron chi connectivity index (χ4n) is 5.64. The number of carbonyl (C=O) groups excluding carboxylic acids is 2. The normalized spacial score (nSPS) is 19.9. The number of carbonyl (C=O) groups is 2. The molecule has 2 fully saturated rings. The fourth-order valence-corrected chi connectivity index (χ4v) is 5.64. The average Bonchev–Trinajstić information content (AvgIpc) is 3.35. The third kappa shape index (κ3) is 6.63. The number of nitrogens with zero attached hydrogens (tertiary/aromatic N) is 3. The number of nitrogens with one attached hydrogen (secondary N) is 2. The van der Waals surface area contributed by atoms with Crippen molar-refractivity contribution in [3.8, 4) is 6.07 Å².